The first-order valence-electron chi connectivity index (χ1n) is 8.20. The average molecular weight is 314 g/mol. The first-order chi connectivity index (χ1) is 11.3. The lowest BCUT2D eigenvalue weighted by Gasteiger charge is -2.38. The predicted molar refractivity (Wildman–Crippen MR) is 85.0 cm³/mol. The fourth-order valence-corrected chi connectivity index (χ4v) is 3.67. The highest BCUT2D eigenvalue weighted by molar-refractivity contribution is 5.12. The Morgan fingerprint density at radius 2 is 2.30 bits per heavy atom. The van der Waals surface area contributed by atoms with Crippen molar-refractivity contribution in [3.63, 3.8) is 0 Å². The number of pyridine rings is 1. The van der Waals surface area contributed by atoms with Gasteiger partial charge in [-0.15, -0.1) is 0 Å². The molecule has 0 amide bonds. The maximum atomic E-state index is 6.07. The molecule has 0 N–H and O–H groups in total. The molecule has 1 aliphatic carbocycles. The van der Waals surface area contributed by atoms with Gasteiger partial charge in [0.25, 0.3) is 0 Å². The molecule has 1 saturated heterocycles. The summed E-state index contributed by atoms with van der Waals surface area (Å²) in [5, 5.41) is 4.26. The minimum Gasteiger partial charge on any atom is -0.472 e. The van der Waals surface area contributed by atoms with Gasteiger partial charge in [-0.25, -0.2) is 4.98 Å². The van der Waals surface area contributed by atoms with E-state index in [9.17, 15) is 0 Å². The summed E-state index contributed by atoms with van der Waals surface area (Å²) in [5.41, 5.74) is 1.25. The van der Waals surface area contributed by atoms with Crippen LogP contribution in [0.25, 0.3) is 0 Å². The molecule has 122 valence electrons. The molecule has 2 fully saturated rings. The predicted octanol–water partition coefficient (Wildman–Crippen LogP) is 1.63. The van der Waals surface area contributed by atoms with Crippen molar-refractivity contribution in [3.05, 3.63) is 42.4 Å². The number of hydrogen-bond donors (Lipinski definition) is 0. The van der Waals surface area contributed by atoms with Crippen molar-refractivity contribution in [2.45, 2.75) is 37.6 Å². The van der Waals surface area contributed by atoms with Crippen molar-refractivity contribution in [3.8, 4) is 5.88 Å². The Bertz CT molecular complexity index is 645. The van der Waals surface area contributed by atoms with E-state index in [1.807, 2.05) is 36.1 Å². The number of rotatable bonds is 4. The first kappa shape index (κ1) is 14.7. The largest absolute Gasteiger partial charge is 0.472 e. The average Bonchev–Trinajstić information content (AvgIpc) is 3.16. The van der Waals surface area contributed by atoms with Gasteiger partial charge in [-0.2, -0.15) is 5.10 Å². The third-order valence-electron chi connectivity index (χ3n) is 4.70. The Labute approximate surface area is 136 Å². The Hall–Kier alpha value is -1.92. The number of fused-ring (bicyclic) bond motifs is 1. The van der Waals surface area contributed by atoms with Crippen LogP contribution < -0.4 is 4.74 Å². The van der Waals surface area contributed by atoms with E-state index >= 15 is 0 Å². The summed E-state index contributed by atoms with van der Waals surface area (Å²) in [7, 11) is 1.96. The molecule has 6 nitrogen and oxygen atoms in total. The molecular formula is C17H22N4O2. The highest BCUT2D eigenvalue weighted by atomic mass is 16.5. The lowest BCUT2D eigenvalue weighted by molar-refractivity contribution is -0.0922. The number of aromatic nitrogens is 3. The maximum Gasteiger partial charge on any atom is 0.213 e. The zero-order valence-corrected chi connectivity index (χ0v) is 13.3. The van der Waals surface area contributed by atoms with Gasteiger partial charge in [0.15, 0.2) is 0 Å². The molecule has 0 aromatic carbocycles. The molecule has 2 aromatic rings. The van der Waals surface area contributed by atoms with Crippen LogP contribution in [0.15, 0.2) is 36.8 Å². The van der Waals surface area contributed by atoms with Crippen molar-refractivity contribution < 1.29 is 9.47 Å². The van der Waals surface area contributed by atoms with E-state index in [-0.39, 0.29) is 12.2 Å². The normalized spacial score (nSPS) is 27.8. The van der Waals surface area contributed by atoms with Gasteiger partial charge >= 0.3 is 0 Å². The van der Waals surface area contributed by atoms with Gasteiger partial charge in [-0.05, 0) is 18.9 Å². The van der Waals surface area contributed by atoms with Gasteiger partial charge in [0, 0.05) is 50.2 Å². The Morgan fingerprint density at radius 1 is 1.35 bits per heavy atom. The second-order valence-corrected chi connectivity index (χ2v) is 6.30. The number of ether oxygens (including phenoxy) is 2. The molecule has 2 aromatic heterocycles. The van der Waals surface area contributed by atoms with Gasteiger partial charge in [0.2, 0.25) is 5.88 Å². The highest BCUT2D eigenvalue weighted by Crippen LogP contribution is 2.33. The lowest BCUT2D eigenvalue weighted by Crippen LogP contribution is -2.51. The van der Waals surface area contributed by atoms with E-state index in [1.165, 1.54) is 5.56 Å². The molecule has 0 spiro atoms. The standard InChI is InChI=1S/C17H22N4O2/c1-20-11-13(10-19-20)12-21-8-9-22-17-14(21)5-6-15(17)23-16-4-2-3-7-18-16/h2-4,7,10-11,14-15,17H,5-6,8-9,12H2,1H3/t14-,15-,17+/m0/s1. The van der Waals surface area contributed by atoms with Crippen LogP contribution >= 0.6 is 0 Å². The van der Waals surface area contributed by atoms with Gasteiger partial charge in [0.05, 0.1) is 12.8 Å². The maximum absolute atomic E-state index is 6.07. The van der Waals surface area contributed by atoms with Gasteiger partial charge in [-0.1, -0.05) is 6.07 Å². The molecule has 23 heavy (non-hydrogen) atoms. The molecule has 6 heteroatoms. The Balaban J connectivity index is 1.43. The topological polar surface area (TPSA) is 52.4 Å². The second-order valence-electron chi connectivity index (χ2n) is 6.30. The third kappa shape index (κ3) is 3.09. The number of hydrogen-bond acceptors (Lipinski definition) is 5. The lowest BCUT2D eigenvalue weighted by atomic mass is 10.1. The minimum absolute atomic E-state index is 0.0894. The van der Waals surface area contributed by atoms with Crippen molar-refractivity contribution in [2.75, 3.05) is 13.2 Å². The van der Waals surface area contributed by atoms with Crippen molar-refractivity contribution in [1.29, 1.82) is 0 Å². The van der Waals surface area contributed by atoms with Gasteiger partial charge in [-0.3, -0.25) is 9.58 Å². The van der Waals surface area contributed by atoms with E-state index in [0.29, 0.717) is 11.9 Å². The van der Waals surface area contributed by atoms with Crippen molar-refractivity contribution >= 4 is 0 Å². The zero-order chi connectivity index (χ0) is 15.6. The number of morpholine rings is 1. The van der Waals surface area contributed by atoms with Crippen LogP contribution in [0.5, 0.6) is 5.88 Å². The summed E-state index contributed by atoms with van der Waals surface area (Å²) in [6, 6.07) is 6.17. The number of aryl methyl sites for hydroxylation is 1. The molecule has 0 unspecified atom stereocenters. The summed E-state index contributed by atoms with van der Waals surface area (Å²) in [5.74, 6) is 0.686. The highest BCUT2D eigenvalue weighted by Gasteiger charge is 2.44. The van der Waals surface area contributed by atoms with E-state index in [0.717, 1.165) is 32.5 Å². The summed E-state index contributed by atoms with van der Waals surface area (Å²) >= 11 is 0. The van der Waals surface area contributed by atoms with Crippen LogP contribution in [0.3, 0.4) is 0 Å². The SMILES string of the molecule is Cn1cc(CN2CCO[C@H]3[C@@H](Oc4ccccn4)CC[C@@H]32)cn1. The molecule has 2 aliphatic rings. The molecular weight excluding hydrogens is 292 g/mol. The quantitative estimate of drug-likeness (QED) is 0.858. The molecule has 3 atom stereocenters. The fraction of sp³-hybridized carbons (Fsp3) is 0.529. The van der Waals surface area contributed by atoms with Crippen LogP contribution in [-0.4, -0.2) is 51.1 Å². The number of nitrogens with zero attached hydrogens (tertiary/aromatic N) is 4. The van der Waals surface area contributed by atoms with Crippen LogP contribution in [0.1, 0.15) is 18.4 Å². The summed E-state index contributed by atoms with van der Waals surface area (Å²) in [6.45, 7) is 2.64. The van der Waals surface area contributed by atoms with Crippen molar-refractivity contribution in [2.24, 2.45) is 7.05 Å². The molecule has 1 saturated carbocycles. The molecule has 0 radical (unpaired) electrons. The minimum atomic E-state index is 0.0894. The fourth-order valence-electron chi connectivity index (χ4n) is 3.67. The molecule has 1 aliphatic heterocycles. The van der Waals surface area contributed by atoms with Gasteiger partial charge in [0.1, 0.15) is 12.2 Å². The Kier molecular flexibility index (Phi) is 4.01. The second kappa shape index (κ2) is 6.29. The van der Waals surface area contributed by atoms with Crippen LogP contribution in [0, 0.1) is 0 Å². The van der Waals surface area contributed by atoms with Crippen LogP contribution in [0.4, 0.5) is 0 Å². The van der Waals surface area contributed by atoms with E-state index in [4.69, 9.17) is 9.47 Å². The first-order valence-corrected chi connectivity index (χ1v) is 8.20. The monoisotopic (exact) mass is 314 g/mol. The van der Waals surface area contributed by atoms with E-state index < -0.39 is 0 Å². The van der Waals surface area contributed by atoms with Crippen molar-refractivity contribution in [1.82, 2.24) is 19.7 Å². The smallest absolute Gasteiger partial charge is 0.213 e. The van der Waals surface area contributed by atoms with E-state index in [2.05, 4.69) is 21.2 Å². The summed E-state index contributed by atoms with van der Waals surface area (Å²) < 4.78 is 14.0. The summed E-state index contributed by atoms with van der Waals surface area (Å²) in [4.78, 5) is 6.77. The Morgan fingerprint density at radius 3 is 3.09 bits per heavy atom. The molecule has 0 bridgehead atoms. The third-order valence-corrected chi connectivity index (χ3v) is 4.70. The zero-order valence-electron chi connectivity index (χ0n) is 13.3. The molecule has 3 heterocycles. The van der Waals surface area contributed by atoms with Gasteiger partial charge < -0.3 is 9.47 Å². The van der Waals surface area contributed by atoms with Crippen LogP contribution in [0.2, 0.25) is 0 Å². The van der Waals surface area contributed by atoms with Crippen LogP contribution in [-0.2, 0) is 18.3 Å². The molecule has 4 rings (SSSR count). The van der Waals surface area contributed by atoms with E-state index in [1.54, 1.807) is 6.20 Å². The summed E-state index contributed by atoms with van der Waals surface area (Å²) in [6.07, 6.45) is 8.12.